The highest BCUT2D eigenvalue weighted by atomic mass is 16.3. The molecule has 0 amide bonds. The van der Waals surface area contributed by atoms with Crippen molar-refractivity contribution in [2.45, 2.75) is 0 Å². The number of nitrogens with one attached hydrogen (secondary N) is 1. The van der Waals surface area contributed by atoms with Gasteiger partial charge in [-0.3, -0.25) is 4.79 Å². The highest BCUT2D eigenvalue weighted by molar-refractivity contribution is 6.02. The fourth-order valence-corrected chi connectivity index (χ4v) is 1.57. The Kier molecular flexibility index (Phi) is 1.28. The van der Waals surface area contributed by atoms with Crippen LogP contribution in [0.2, 0.25) is 0 Å². The molecule has 0 bridgehead atoms. The maximum absolute atomic E-state index is 11.5. The van der Waals surface area contributed by atoms with E-state index >= 15 is 0 Å². The lowest BCUT2D eigenvalue weighted by Gasteiger charge is -1.84. The molecule has 0 saturated carbocycles. The summed E-state index contributed by atoms with van der Waals surface area (Å²) in [7, 11) is 0. The molecule has 4 nitrogen and oxygen atoms in total. The van der Waals surface area contributed by atoms with Crippen molar-refractivity contribution in [3.05, 3.63) is 40.9 Å². The molecule has 4 heteroatoms. The largest absolute Gasteiger partial charge is 0.437 e. The first kappa shape index (κ1) is 7.32. The summed E-state index contributed by atoms with van der Waals surface area (Å²) in [5, 5.41) is 1.32. The van der Waals surface area contributed by atoms with E-state index in [-0.39, 0.29) is 5.56 Å². The molecule has 0 atom stereocenters. The number of aromatic amines is 1. The van der Waals surface area contributed by atoms with Crippen LogP contribution in [-0.2, 0) is 0 Å². The van der Waals surface area contributed by atoms with Crippen LogP contribution in [0.4, 0.5) is 0 Å². The molecule has 0 aliphatic carbocycles. The van der Waals surface area contributed by atoms with Crippen LogP contribution in [0.15, 0.2) is 39.8 Å². The normalized spacial score (nSPS) is 11.1. The van der Waals surface area contributed by atoms with Gasteiger partial charge in [0.25, 0.3) is 5.56 Å². The summed E-state index contributed by atoms with van der Waals surface area (Å²) < 4.78 is 5.40. The van der Waals surface area contributed by atoms with Crippen LogP contribution < -0.4 is 5.56 Å². The van der Waals surface area contributed by atoms with Crippen LogP contribution in [0.5, 0.6) is 0 Å². The molecule has 0 saturated heterocycles. The summed E-state index contributed by atoms with van der Waals surface area (Å²) in [4.78, 5) is 18.2. The van der Waals surface area contributed by atoms with Crippen molar-refractivity contribution in [1.82, 2.24) is 9.97 Å². The molecule has 3 heterocycles. The van der Waals surface area contributed by atoms with Crippen LogP contribution >= 0.6 is 0 Å². The Morgan fingerprint density at radius 3 is 3.21 bits per heavy atom. The van der Waals surface area contributed by atoms with Gasteiger partial charge in [0, 0.05) is 12.4 Å². The maximum Gasteiger partial charge on any atom is 0.259 e. The van der Waals surface area contributed by atoms with Crippen molar-refractivity contribution in [2.24, 2.45) is 0 Å². The summed E-state index contributed by atoms with van der Waals surface area (Å²) in [5.74, 6) is 0. The Balaban J connectivity index is 2.73. The van der Waals surface area contributed by atoms with Gasteiger partial charge in [0.1, 0.15) is 5.58 Å². The number of furan rings is 1. The van der Waals surface area contributed by atoms with Crippen molar-refractivity contribution in [3.63, 3.8) is 0 Å². The smallest absolute Gasteiger partial charge is 0.259 e. The number of aromatic nitrogens is 2. The topological polar surface area (TPSA) is 58.9 Å². The first-order valence-corrected chi connectivity index (χ1v) is 4.21. The molecule has 0 aliphatic rings. The van der Waals surface area contributed by atoms with Gasteiger partial charge in [-0.1, -0.05) is 0 Å². The van der Waals surface area contributed by atoms with E-state index in [1.807, 2.05) is 6.07 Å². The third-order valence-electron chi connectivity index (χ3n) is 2.17. The lowest BCUT2D eigenvalue weighted by atomic mass is 10.2. The van der Waals surface area contributed by atoms with E-state index in [1.54, 1.807) is 24.5 Å². The standard InChI is InChI=1S/C10H6N2O2/c13-9-8-6-2-1-4-12-10(6)14-7(8)3-5-11-9/h1-5H,(H,11,13). The molecule has 3 aromatic heterocycles. The third-order valence-corrected chi connectivity index (χ3v) is 2.17. The number of pyridine rings is 2. The molecule has 3 aromatic rings. The number of nitrogens with zero attached hydrogens (tertiary/aromatic N) is 1. The summed E-state index contributed by atoms with van der Waals surface area (Å²) in [6.07, 6.45) is 3.20. The zero-order valence-corrected chi connectivity index (χ0v) is 7.15. The van der Waals surface area contributed by atoms with E-state index in [0.717, 1.165) is 5.39 Å². The van der Waals surface area contributed by atoms with Gasteiger partial charge in [-0.15, -0.1) is 0 Å². The van der Waals surface area contributed by atoms with Gasteiger partial charge >= 0.3 is 0 Å². The minimum atomic E-state index is -0.144. The van der Waals surface area contributed by atoms with E-state index in [9.17, 15) is 4.79 Å². The van der Waals surface area contributed by atoms with Gasteiger partial charge in [-0.05, 0) is 18.2 Å². The summed E-state index contributed by atoms with van der Waals surface area (Å²) >= 11 is 0. The zero-order chi connectivity index (χ0) is 9.54. The monoisotopic (exact) mass is 186 g/mol. The van der Waals surface area contributed by atoms with Gasteiger partial charge < -0.3 is 9.40 Å². The molecule has 0 unspecified atom stereocenters. The summed E-state index contributed by atoms with van der Waals surface area (Å²) in [6.45, 7) is 0. The van der Waals surface area contributed by atoms with E-state index in [2.05, 4.69) is 9.97 Å². The molecular formula is C10H6N2O2. The molecule has 0 aliphatic heterocycles. The van der Waals surface area contributed by atoms with Crippen molar-refractivity contribution in [2.75, 3.05) is 0 Å². The van der Waals surface area contributed by atoms with Gasteiger partial charge in [0.05, 0.1) is 10.8 Å². The van der Waals surface area contributed by atoms with E-state index in [0.29, 0.717) is 16.7 Å². The molecule has 1 N–H and O–H groups in total. The van der Waals surface area contributed by atoms with Crippen LogP contribution in [0, 0.1) is 0 Å². The average Bonchev–Trinajstić information content (AvgIpc) is 2.57. The molecule has 0 aromatic carbocycles. The highest BCUT2D eigenvalue weighted by Crippen LogP contribution is 2.22. The maximum atomic E-state index is 11.5. The highest BCUT2D eigenvalue weighted by Gasteiger charge is 2.09. The fraction of sp³-hybridized carbons (Fsp3) is 0. The van der Waals surface area contributed by atoms with Crippen molar-refractivity contribution in [1.29, 1.82) is 0 Å². The molecule has 3 rings (SSSR count). The zero-order valence-electron chi connectivity index (χ0n) is 7.15. The molecular weight excluding hydrogens is 180 g/mol. The fourth-order valence-electron chi connectivity index (χ4n) is 1.57. The van der Waals surface area contributed by atoms with Crippen LogP contribution in [-0.4, -0.2) is 9.97 Å². The van der Waals surface area contributed by atoms with Crippen LogP contribution in [0.25, 0.3) is 22.1 Å². The first-order chi connectivity index (χ1) is 6.86. The minimum Gasteiger partial charge on any atom is -0.437 e. The van der Waals surface area contributed by atoms with Crippen molar-refractivity contribution in [3.8, 4) is 0 Å². The number of rotatable bonds is 0. The van der Waals surface area contributed by atoms with E-state index < -0.39 is 0 Å². The second-order valence-corrected chi connectivity index (χ2v) is 3.00. The quantitative estimate of drug-likeness (QED) is 0.581. The Morgan fingerprint density at radius 1 is 1.36 bits per heavy atom. The molecule has 14 heavy (non-hydrogen) atoms. The molecule has 0 spiro atoms. The Morgan fingerprint density at radius 2 is 2.29 bits per heavy atom. The van der Waals surface area contributed by atoms with Gasteiger partial charge in [-0.2, -0.15) is 0 Å². The lowest BCUT2D eigenvalue weighted by molar-refractivity contribution is 0.653. The number of fused-ring (bicyclic) bond motifs is 3. The number of H-pyrrole nitrogens is 1. The Bertz CT molecular complexity index is 666. The second-order valence-electron chi connectivity index (χ2n) is 3.00. The summed E-state index contributed by atoms with van der Waals surface area (Å²) in [6, 6.07) is 5.32. The molecule has 0 fully saturated rings. The Hall–Kier alpha value is -2.10. The predicted octanol–water partition coefficient (Wildman–Crippen LogP) is 1.67. The van der Waals surface area contributed by atoms with Crippen molar-refractivity contribution < 1.29 is 4.42 Å². The Labute approximate surface area is 78.2 Å². The van der Waals surface area contributed by atoms with Crippen LogP contribution in [0.1, 0.15) is 0 Å². The SMILES string of the molecule is O=c1[nH]ccc2oc3ncccc3c12. The van der Waals surface area contributed by atoms with Crippen molar-refractivity contribution >= 4 is 22.1 Å². The second kappa shape index (κ2) is 2.45. The van der Waals surface area contributed by atoms with Crippen LogP contribution in [0.3, 0.4) is 0 Å². The summed E-state index contributed by atoms with van der Waals surface area (Å²) in [5.41, 5.74) is 0.927. The van der Waals surface area contributed by atoms with E-state index in [4.69, 9.17) is 4.42 Å². The van der Waals surface area contributed by atoms with Gasteiger partial charge in [0.15, 0.2) is 0 Å². The number of hydrogen-bond donors (Lipinski definition) is 1. The first-order valence-electron chi connectivity index (χ1n) is 4.21. The molecule has 68 valence electrons. The van der Waals surface area contributed by atoms with Gasteiger partial charge in [-0.25, -0.2) is 4.98 Å². The van der Waals surface area contributed by atoms with E-state index in [1.165, 1.54) is 0 Å². The lowest BCUT2D eigenvalue weighted by Crippen LogP contribution is -2.02. The minimum absolute atomic E-state index is 0.144. The average molecular weight is 186 g/mol. The third kappa shape index (κ3) is 0.821. The number of hydrogen-bond acceptors (Lipinski definition) is 3. The molecule has 0 radical (unpaired) electrons. The van der Waals surface area contributed by atoms with Gasteiger partial charge in [0.2, 0.25) is 5.71 Å². The predicted molar refractivity (Wildman–Crippen MR) is 52.1 cm³/mol.